The second-order valence-corrected chi connectivity index (χ2v) is 5.82. The normalized spacial score (nSPS) is 11.2. The van der Waals surface area contributed by atoms with Gasteiger partial charge in [-0.05, 0) is 29.8 Å². The maximum absolute atomic E-state index is 12.2. The van der Waals surface area contributed by atoms with Crippen LogP contribution in [0.25, 0.3) is 10.9 Å². The van der Waals surface area contributed by atoms with Crippen molar-refractivity contribution in [1.82, 2.24) is 9.99 Å². The van der Waals surface area contributed by atoms with Crippen LogP contribution in [0.2, 0.25) is 0 Å². The van der Waals surface area contributed by atoms with Gasteiger partial charge >= 0.3 is 0 Å². The summed E-state index contributed by atoms with van der Waals surface area (Å²) >= 11 is 3.40. The second-order valence-electron chi connectivity index (χ2n) is 4.90. The summed E-state index contributed by atoms with van der Waals surface area (Å²) in [5, 5.41) is 5.05. The van der Waals surface area contributed by atoms with Crippen LogP contribution in [0.5, 0.6) is 0 Å². The smallest absolute Gasteiger partial charge is 0.287 e. The van der Waals surface area contributed by atoms with E-state index in [0.29, 0.717) is 5.69 Å². The van der Waals surface area contributed by atoms with Gasteiger partial charge in [-0.25, -0.2) is 5.43 Å². The first-order valence-corrected chi connectivity index (χ1v) is 7.58. The van der Waals surface area contributed by atoms with Crippen LogP contribution < -0.4 is 5.43 Å². The summed E-state index contributed by atoms with van der Waals surface area (Å²) < 4.78 is 2.83. The minimum atomic E-state index is -0.232. The lowest BCUT2D eigenvalue weighted by Crippen LogP contribution is -2.20. The summed E-state index contributed by atoms with van der Waals surface area (Å²) in [6.07, 6.45) is 1.62. The molecule has 1 N–H and O–H groups in total. The van der Waals surface area contributed by atoms with Gasteiger partial charge in [-0.15, -0.1) is 0 Å². The van der Waals surface area contributed by atoms with Crippen LogP contribution in [0.1, 0.15) is 16.1 Å². The Morgan fingerprint density at radius 2 is 2.00 bits per heavy atom. The number of benzene rings is 2. The van der Waals surface area contributed by atoms with Crippen molar-refractivity contribution in [2.45, 2.75) is 0 Å². The number of rotatable bonds is 3. The average molecular weight is 356 g/mol. The third kappa shape index (κ3) is 2.94. The molecule has 1 heterocycles. The number of hydrogen-bond acceptors (Lipinski definition) is 2. The Labute approximate surface area is 136 Å². The second kappa shape index (κ2) is 6.15. The summed E-state index contributed by atoms with van der Waals surface area (Å²) in [5.41, 5.74) is 5.07. The van der Waals surface area contributed by atoms with Gasteiger partial charge in [-0.1, -0.05) is 46.3 Å². The summed E-state index contributed by atoms with van der Waals surface area (Å²) in [6.45, 7) is 0. The van der Waals surface area contributed by atoms with Crippen LogP contribution in [-0.2, 0) is 7.05 Å². The number of para-hydroxylation sites is 1. The Balaban J connectivity index is 1.77. The maximum Gasteiger partial charge on any atom is 0.287 e. The monoisotopic (exact) mass is 355 g/mol. The number of carbonyl (C=O) groups excluding carboxylic acids is 1. The van der Waals surface area contributed by atoms with Gasteiger partial charge in [-0.2, -0.15) is 5.10 Å². The van der Waals surface area contributed by atoms with E-state index in [9.17, 15) is 4.79 Å². The van der Waals surface area contributed by atoms with E-state index in [-0.39, 0.29) is 5.91 Å². The third-order valence-electron chi connectivity index (χ3n) is 3.41. The number of aryl methyl sites for hydroxylation is 1. The van der Waals surface area contributed by atoms with Crippen LogP contribution in [0.15, 0.2) is 64.2 Å². The molecule has 0 unspecified atom stereocenters. The van der Waals surface area contributed by atoms with E-state index in [2.05, 4.69) is 26.5 Å². The lowest BCUT2D eigenvalue weighted by Gasteiger charge is -2.02. The van der Waals surface area contributed by atoms with Crippen molar-refractivity contribution < 1.29 is 4.79 Å². The fraction of sp³-hybridized carbons (Fsp3) is 0.0588. The Morgan fingerprint density at radius 3 is 2.77 bits per heavy atom. The number of aromatic nitrogens is 1. The van der Waals surface area contributed by atoms with E-state index < -0.39 is 0 Å². The zero-order valence-corrected chi connectivity index (χ0v) is 13.5. The quantitative estimate of drug-likeness (QED) is 0.565. The zero-order valence-electron chi connectivity index (χ0n) is 12.0. The van der Waals surface area contributed by atoms with E-state index >= 15 is 0 Å². The zero-order chi connectivity index (χ0) is 15.5. The number of fused-ring (bicyclic) bond motifs is 1. The Hall–Kier alpha value is -2.40. The maximum atomic E-state index is 12.2. The van der Waals surface area contributed by atoms with Gasteiger partial charge in [0, 0.05) is 22.4 Å². The highest BCUT2D eigenvalue weighted by Gasteiger charge is 2.11. The molecular formula is C17H14BrN3O. The van der Waals surface area contributed by atoms with Crippen molar-refractivity contribution in [3.05, 3.63) is 70.3 Å². The fourth-order valence-electron chi connectivity index (χ4n) is 2.32. The van der Waals surface area contributed by atoms with E-state index in [1.807, 2.05) is 66.2 Å². The van der Waals surface area contributed by atoms with E-state index in [1.165, 1.54) is 0 Å². The Morgan fingerprint density at radius 1 is 1.18 bits per heavy atom. The molecule has 1 aromatic heterocycles. The van der Waals surface area contributed by atoms with E-state index in [1.54, 1.807) is 6.21 Å². The molecule has 0 spiro atoms. The lowest BCUT2D eigenvalue weighted by atomic mass is 10.2. The summed E-state index contributed by atoms with van der Waals surface area (Å²) in [5.74, 6) is -0.232. The predicted octanol–water partition coefficient (Wildman–Crippen LogP) is 3.70. The van der Waals surface area contributed by atoms with Gasteiger partial charge in [0.15, 0.2) is 0 Å². The van der Waals surface area contributed by atoms with Gasteiger partial charge in [0.25, 0.3) is 5.91 Å². The van der Waals surface area contributed by atoms with Crippen molar-refractivity contribution in [1.29, 1.82) is 0 Å². The van der Waals surface area contributed by atoms with Gasteiger partial charge in [0.1, 0.15) is 5.69 Å². The highest BCUT2D eigenvalue weighted by molar-refractivity contribution is 9.10. The summed E-state index contributed by atoms with van der Waals surface area (Å²) in [6, 6.07) is 17.4. The SMILES string of the molecule is Cn1c(C(=O)N/N=C/c2cccc(Br)c2)cc2ccccc21. The molecule has 1 amide bonds. The van der Waals surface area contributed by atoms with Crippen molar-refractivity contribution in [2.24, 2.45) is 12.1 Å². The highest BCUT2D eigenvalue weighted by Crippen LogP contribution is 2.18. The number of nitrogens with zero attached hydrogens (tertiary/aromatic N) is 2. The van der Waals surface area contributed by atoms with Crippen molar-refractivity contribution in [3.8, 4) is 0 Å². The number of carbonyl (C=O) groups is 1. The van der Waals surface area contributed by atoms with Crippen molar-refractivity contribution in [3.63, 3.8) is 0 Å². The summed E-state index contributed by atoms with van der Waals surface area (Å²) in [7, 11) is 1.87. The molecule has 3 aromatic rings. The van der Waals surface area contributed by atoms with Crippen LogP contribution in [0.3, 0.4) is 0 Å². The molecule has 0 fully saturated rings. The standard InChI is InChI=1S/C17H14BrN3O/c1-21-15-8-3-2-6-13(15)10-16(21)17(22)20-19-11-12-5-4-7-14(18)9-12/h2-11H,1H3,(H,20,22)/b19-11+. The van der Waals surface area contributed by atoms with Gasteiger partial charge in [-0.3, -0.25) is 4.79 Å². The largest absolute Gasteiger partial charge is 0.340 e. The number of halogens is 1. The molecule has 0 bridgehead atoms. The minimum Gasteiger partial charge on any atom is -0.340 e. The molecular weight excluding hydrogens is 342 g/mol. The molecule has 0 atom stereocenters. The third-order valence-corrected chi connectivity index (χ3v) is 3.91. The number of hydrogen-bond donors (Lipinski definition) is 1. The van der Waals surface area contributed by atoms with Crippen LogP contribution in [-0.4, -0.2) is 16.7 Å². The molecule has 0 aliphatic carbocycles. The molecule has 5 heteroatoms. The minimum absolute atomic E-state index is 0.232. The average Bonchev–Trinajstić information content (AvgIpc) is 2.85. The van der Waals surface area contributed by atoms with Gasteiger partial charge in [0.2, 0.25) is 0 Å². The molecule has 0 saturated carbocycles. The van der Waals surface area contributed by atoms with Crippen molar-refractivity contribution >= 4 is 39.0 Å². The first-order valence-electron chi connectivity index (χ1n) is 6.78. The molecule has 110 valence electrons. The molecule has 3 rings (SSSR count). The molecule has 0 radical (unpaired) electrons. The fourth-order valence-corrected chi connectivity index (χ4v) is 2.73. The lowest BCUT2D eigenvalue weighted by molar-refractivity contribution is 0.0947. The van der Waals surface area contributed by atoms with Crippen LogP contribution >= 0.6 is 15.9 Å². The molecule has 22 heavy (non-hydrogen) atoms. The van der Waals surface area contributed by atoms with Gasteiger partial charge < -0.3 is 4.57 Å². The molecule has 4 nitrogen and oxygen atoms in total. The molecule has 0 saturated heterocycles. The van der Waals surface area contributed by atoms with E-state index in [4.69, 9.17) is 0 Å². The highest BCUT2D eigenvalue weighted by atomic mass is 79.9. The topological polar surface area (TPSA) is 46.4 Å². The molecule has 0 aliphatic rings. The van der Waals surface area contributed by atoms with E-state index in [0.717, 1.165) is 20.9 Å². The first kappa shape index (κ1) is 14.5. The molecule has 0 aliphatic heterocycles. The Bertz CT molecular complexity index is 867. The van der Waals surface area contributed by atoms with Crippen LogP contribution in [0.4, 0.5) is 0 Å². The van der Waals surface area contributed by atoms with Crippen molar-refractivity contribution in [2.75, 3.05) is 0 Å². The number of hydrazone groups is 1. The summed E-state index contributed by atoms with van der Waals surface area (Å²) in [4.78, 5) is 12.2. The number of amides is 1. The number of nitrogens with one attached hydrogen (secondary N) is 1. The first-order chi connectivity index (χ1) is 10.6. The van der Waals surface area contributed by atoms with Gasteiger partial charge in [0.05, 0.1) is 6.21 Å². The Kier molecular flexibility index (Phi) is 4.06. The molecule has 2 aromatic carbocycles. The van der Waals surface area contributed by atoms with Crippen LogP contribution in [0, 0.1) is 0 Å². The predicted molar refractivity (Wildman–Crippen MR) is 92.1 cm³/mol.